The van der Waals surface area contributed by atoms with Crippen molar-refractivity contribution in [3.63, 3.8) is 0 Å². The second kappa shape index (κ2) is 4.78. The molecule has 1 fully saturated rings. The van der Waals surface area contributed by atoms with Gasteiger partial charge in [0, 0.05) is 24.2 Å². The van der Waals surface area contributed by atoms with Gasteiger partial charge in [-0.25, -0.2) is 0 Å². The van der Waals surface area contributed by atoms with Crippen LogP contribution in [0.3, 0.4) is 0 Å². The summed E-state index contributed by atoms with van der Waals surface area (Å²) in [5, 5.41) is 0. The monoisotopic (exact) mass is 232 g/mol. The number of amides is 1. The molecule has 0 aromatic heterocycles. The number of hydrogen-bond donors (Lipinski definition) is 1. The number of benzene rings is 1. The fourth-order valence-corrected chi connectivity index (χ4v) is 1.92. The second-order valence-corrected chi connectivity index (χ2v) is 5.09. The van der Waals surface area contributed by atoms with Gasteiger partial charge < -0.3 is 10.6 Å². The lowest BCUT2D eigenvalue weighted by molar-refractivity contribution is -0.135. The highest BCUT2D eigenvalue weighted by molar-refractivity contribution is 5.78. The molecule has 1 aliphatic carbocycles. The van der Waals surface area contributed by atoms with Crippen LogP contribution >= 0.6 is 0 Å². The van der Waals surface area contributed by atoms with Gasteiger partial charge in [-0.1, -0.05) is 26.0 Å². The highest BCUT2D eigenvalue weighted by Crippen LogP contribution is 2.29. The van der Waals surface area contributed by atoms with Crippen LogP contribution in [0.25, 0.3) is 0 Å². The maximum Gasteiger partial charge on any atom is 0.225 e. The smallest absolute Gasteiger partial charge is 0.225 e. The zero-order valence-corrected chi connectivity index (χ0v) is 10.5. The van der Waals surface area contributed by atoms with Crippen molar-refractivity contribution in [2.45, 2.75) is 39.3 Å². The van der Waals surface area contributed by atoms with E-state index in [-0.39, 0.29) is 11.8 Å². The average molecular weight is 232 g/mol. The summed E-state index contributed by atoms with van der Waals surface area (Å²) in [4.78, 5) is 14.1. The minimum Gasteiger partial charge on any atom is -0.399 e. The molecule has 0 atom stereocenters. The van der Waals surface area contributed by atoms with Gasteiger partial charge in [-0.2, -0.15) is 0 Å². The molecule has 1 aromatic carbocycles. The van der Waals surface area contributed by atoms with Gasteiger partial charge in [0.25, 0.3) is 0 Å². The Morgan fingerprint density at radius 3 is 2.41 bits per heavy atom. The molecule has 3 nitrogen and oxygen atoms in total. The second-order valence-electron chi connectivity index (χ2n) is 5.09. The Hall–Kier alpha value is -1.51. The summed E-state index contributed by atoms with van der Waals surface area (Å²) in [6.45, 7) is 4.63. The first-order valence-electron chi connectivity index (χ1n) is 6.23. The quantitative estimate of drug-likeness (QED) is 0.810. The highest BCUT2D eigenvalue weighted by atomic mass is 16.2. The Bertz CT molecular complexity index is 393. The minimum absolute atomic E-state index is 0.0735. The molecule has 3 heteroatoms. The average Bonchev–Trinajstić information content (AvgIpc) is 3.11. The number of carbonyl (C=O) groups is 1. The lowest BCUT2D eigenvalue weighted by atomic mass is 10.1. The van der Waals surface area contributed by atoms with E-state index >= 15 is 0 Å². The molecule has 0 unspecified atom stereocenters. The lowest BCUT2D eigenvalue weighted by Crippen LogP contribution is -2.35. The van der Waals surface area contributed by atoms with Crippen molar-refractivity contribution in [3.05, 3.63) is 29.8 Å². The fourth-order valence-electron chi connectivity index (χ4n) is 1.92. The Morgan fingerprint density at radius 1 is 1.35 bits per heavy atom. The molecule has 2 N–H and O–H groups in total. The third-order valence-corrected chi connectivity index (χ3v) is 3.10. The molecule has 17 heavy (non-hydrogen) atoms. The molecule has 1 saturated carbocycles. The molecule has 1 aromatic rings. The van der Waals surface area contributed by atoms with Gasteiger partial charge in [-0.05, 0) is 30.5 Å². The standard InChI is InChI=1S/C14H20N2O/c1-10(2)14(17)16(13-7-8-13)9-11-3-5-12(15)6-4-11/h3-6,10,13H,7-9,15H2,1-2H3. The fraction of sp³-hybridized carbons (Fsp3) is 0.500. The van der Waals surface area contributed by atoms with Gasteiger partial charge in [0.1, 0.15) is 0 Å². The van der Waals surface area contributed by atoms with E-state index in [0.717, 1.165) is 24.1 Å². The van der Waals surface area contributed by atoms with Gasteiger partial charge in [0.15, 0.2) is 0 Å². The first-order valence-corrected chi connectivity index (χ1v) is 6.23. The van der Waals surface area contributed by atoms with Crippen LogP contribution in [0.2, 0.25) is 0 Å². The van der Waals surface area contributed by atoms with Crippen LogP contribution in [0.4, 0.5) is 5.69 Å². The lowest BCUT2D eigenvalue weighted by Gasteiger charge is -2.24. The molecule has 0 bridgehead atoms. The van der Waals surface area contributed by atoms with E-state index in [9.17, 15) is 4.79 Å². The van der Waals surface area contributed by atoms with Crippen molar-refractivity contribution < 1.29 is 4.79 Å². The summed E-state index contributed by atoms with van der Waals surface area (Å²) in [5.74, 6) is 0.328. The van der Waals surface area contributed by atoms with Crippen LogP contribution in [-0.2, 0) is 11.3 Å². The van der Waals surface area contributed by atoms with E-state index in [0.29, 0.717) is 12.6 Å². The molecule has 1 aliphatic rings. The summed E-state index contributed by atoms with van der Waals surface area (Å²) in [6, 6.07) is 8.24. The van der Waals surface area contributed by atoms with Crippen LogP contribution in [0.15, 0.2) is 24.3 Å². The molecule has 1 amide bonds. The van der Waals surface area contributed by atoms with Crippen molar-refractivity contribution in [3.8, 4) is 0 Å². The zero-order chi connectivity index (χ0) is 12.4. The van der Waals surface area contributed by atoms with Gasteiger partial charge in [-0.3, -0.25) is 4.79 Å². The van der Waals surface area contributed by atoms with E-state index in [4.69, 9.17) is 5.73 Å². The summed E-state index contributed by atoms with van der Waals surface area (Å²) in [6.07, 6.45) is 2.29. The van der Waals surface area contributed by atoms with Gasteiger partial charge in [-0.15, -0.1) is 0 Å². The number of hydrogen-bond acceptors (Lipinski definition) is 2. The largest absolute Gasteiger partial charge is 0.399 e. The van der Waals surface area contributed by atoms with Crippen LogP contribution in [0.1, 0.15) is 32.3 Å². The number of nitrogens with zero attached hydrogens (tertiary/aromatic N) is 1. The predicted octanol–water partition coefficient (Wildman–Crippen LogP) is 2.42. The molecule has 0 spiro atoms. The molecule has 0 aliphatic heterocycles. The highest BCUT2D eigenvalue weighted by Gasteiger charge is 2.33. The van der Waals surface area contributed by atoms with Gasteiger partial charge >= 0.3 is 0 Å². The van der Waals surface area contributed by atoms with Crippen LogP contribution in [-0.4, -0.2) is 16.8 Å². The first kappa shape index (κ1) is 12.0. The summed E-state index contributed by atoms with van der Waals surface area (Å²) >= 11 is 0. The number of carbonyl (C=O) groups excluding carboxylic acids is 1. The number of rotatable bonds is 4. The molecule has 2 rings (SSSR count). The van der Waals surface area contributed by atoms with E-state index in [1.165, 1.54) is 0 Å². The van der Waals surface area contributed by atoms with Crippen molar-refractivity contribution in [2.24, 2.45) is 5.92 Å². The Balaban J connectivity index is 2.07. The number of anilines is 1. The van der Waals surface area contributed by atoms with Crippen LogP contribution in [0, 0.1) is 5.92 Å². The van der Waals surface area contributed by atoms with Crippen molar-refractivity contribution in [1.29, 1.82) is 0 Å². The molecular formula is C14H20N2O. The maximum atomic E-state index is 12.1. The Kier molecular flexibility index (Phi) is 3.36. The van der Waals surface area contributed by atoms with Gasteiger partial charge in [0.2, 0.25) is 5.91 Å². The minimum atomic E-state index is 0.0735. The number of nitrogen functional groups attached to an aromatic ring is 1. The van der Waals surface area contributed by atoms with Crippen molar-refractivity contribution >= 4 is 11.6 Å². The van der Waals surface area contributed by atoms with Crippen LogP contribution < -0.4 is 5.73 Å². The summed E-state index contributed by atoms with van der Waals surface area (Å²) < 4.78 is 0. The first-order chi connectivity index (χ1) is 8.08. The molecule has 0 radical (unpaired) electrons. The summed E-state index contributed by atoms with van der Waals surface area (Å²) in [5.41, 5.74) is 7.58. The maximum absolute atomic E-state index is 12.1. The van der Waals surface area contributed by atoms with E-state index < -0.39 is 0 Å². The predicted molar refractivity (Wildman–Crippen MR) is 69.3 cm³/mol. The zero-order valence-electron chi connectivity index (χ0n) is 10.5. The third kappa shape index (κ3) is 2.99. The molecule has 0 heterocycles. The van der Waals surface area contributed by atoms with Crippen LogP contribution in [0.5, 0.6) is 0 Å². The molecule has 0 saturated heterocycles. The van der Waals surface area contributed by atoms with E-state index in [2.05, 4.69) is 0 Å². The molecular weight excluding hydrogens is 212 g/mol. The topological polar surface area (TPSA) is 46.3 Å². The Labute approximate surface area is 103 Å². The number of nitrogens with two attached hydrogens (primary N) is 1. The summed E-state index contributed by atoms with van der Waals surface area (Å²) in [7, 11) is 0. The third-order valence-electron chi connectivity index (χ3n) is 3.10. The molecule has 92 valence electrons. The van der Waals surface area contributed by atoms with Crippen molar-refractivity contribution in [1.82, 2.24) is 4.90 Å². The SMILES string of the molecule is CC(C)C(=O)N(Cc1ccc(N)cc1)C1CC1. The Morgan fingerprint density at radius 2 is 1.94 bits per heavy atom. The van der Waals surface area contributed by atoms with E-state index in [1.807, 2.05) is 43.0 Å². The normalized spacial score (nSPS) is 15.0. The van der Waals surface area contributed by atoms with Crippen molar-refractivity contribution in [2.75, 3.05) is 5.73 Å². The van der Waals surface area contributed by atoms with Gasteiger partial charge in [0.05, 0.1) is 0 Å². The van der Waals surface area contributed by atoms with E-state index in [1.54, 1.807) is 0 Å².